The fraction of sp³-hybridized carbons (Fsp3) is 0.143. The molecule has 6 rings (SSSR count). The highest BCUT2D eigenvalue weighted by Crippen LogP contribution is 2.32. The van der Waals surface area contributed by atoms with Gasteiger partial charge in [-0.25, -0.2) is 14.6 Å². The van der Waals surface area contributed by atoms with Crippen LogP contribution in [0.4, 0.5) is 5.82 Å². The average molecular weight is 493 g/mol. The molecule has 9 nitrogen and oxygen atoms in total. The summed E-state index contributed by atoms with van der Waals surface area (Å²) < 4.78 is 3.23. The number of nitrogens with two attached hydrogens (primary N) is 1. The number of aryl methyl sites for hydroxylation is 1. The lowest BCUT2D eigenvalue weighted by molar-refractivity contribution is 0.425. The number of aromatic hydroxyl groups is 1. The van der Waals surface area contributed by atoms with Gasteiger partial charge in [-0.1, -0.05) is 36.4 Å². The number of fused-ring (bicyclic) bond motifs is 2. The quantitative estimate of drug-likeness (QED) is 0.336. The van der Waals surface area contributed by atoms with Crippen LogP contribution < -0.4 is 11.3 Å². The van der Waals surface area contributed by atoms with Gasteiger partial charge in [0.25, 0.3) is 5.56 Å². The molecule has 4 N–H and O–H groups in total. The van der Waals surface area contributed by atoms with Crippen molar-refractivity contribution >= 4 is 33.3 Å². The Hall–Kier alpha value is -4.92. The summed E-state index contributed by atoms with van der Waals surface area (Å²) in [7, 11) is 0. The van der Waals surface area contributed by atoms with Gasteiger partial charge in [0, 0.05) is 11.3 Å². The van der Waals surface area contributed by atoms with Gasteiger partial charge in [-0.3, -0.25) is 9.36 Å². The lowest BCUT2D eigenvalue weighted by Crippen LogP contribution is -2.26. The minimum absolute atomic E-state index is 0.0693. The molecule has 9 heteroatoms. The maximum atomic E-state index is 13.9. The van der Waals surface area contributed by atoms with E-state index in [9.17, 15) is 15.0 Å². The number of hydrogen-bond acceptors (Lipinski definition) is 7. The van der Waals surface area contributed by atoms with Crippen molar-refractivity contribution in [2.24, 2.45) is 0 Å². The molecule has 2 aromatic carbocycles. The molecule has 184 valence electrons. The normalized spacial score (nSPS) is 13.6. The second-order valence-electron chi connectivity index (χ2n) is 9.09. The maximum absolute atomic E-state index is 13.9. The second-order valence-corrected chi connectivity index (χ2v) is 9.09. The summed E-state index contributed by atoms with van der Waals surface area (Å²) in [4.78, 5) is 22.5. The molecule has 0 atom stereocenters. The summed E-state index contributed by atoms with van der Waals surface area (Å²) in [5.74, 6) is 0.428. The number of phenols is 1. The minimum atomic E-state index is -0.211. The highest BCUT2D eigenvalue weighted by Gasteiger charge is 2.22. The van der Waals surface area contributed by atoms with Crippen molar-refractivity contribution in [1.82, 2.24) is 24.3 Å². The zero-order valence-electron chi connectivity index (χ0n) is 20.1. The number of nitrogens with zero attached hydrogens (tertiary/aromatic N) is 5. The minimum Gasteiger partial charge on any atom is -0.508 e. The van der Waals surface area contributed by atoms with Crippen molar-refractivity contribution in [1.29, 1.82) is 0 Å². The first-order chi connectivity index (χ1) is 17.9. The number of anilines is 1. The number of rotatable bonds is 4. The third-order valence-electron chi connectivity index (χ3n) is 6.67. The number of pyridine rings is 1. The molecule has 0 fully saturated rings. The number of nitrogen functional groups attached to an aromatic ring is 1. The van der Waals surface area contributed by atoms with Crippen LogP contribution in [0.5, 0.6) is 5.75 Å². The van der Waals surface area contributed by atoms with Crippen LogP contribution in [0.2, 0.25) is 0 Å². The number of aromatic nitrogens is 5. The molecule has 37 heavy (non-hydrogen) atoms. The van der Waals surface area contributed by atoms with Gasteiger partial charge in [0.1, 0.15) is 29.3 Å². The summed E-state index contributed by atoms with van der Waals surface area (Å²) in [6.45, 7) is 2.08. The first-order valence-corrected chi connectivity index (χ1v) is 11.9. The molecule has 5 aromatic rings. The molecule has 0 unspecified atom stereocenters. The van der Waals surface area contributed by atoms with Crippen LogP contribution in [0.15, 0.2) is 77.6 Å². The van der Waals surface area contributed by atoms with E-state index in [2.05, 4.69) is 9.97 Å². The van der Waals surface area contributed by atoms with E-state index in [1.165, 1.54) is 6.33 Å². The third-order valence-corrected chi connectivity index (χ3v) is 6.67. The molecular weight excluding hydrogens is 468 g/mol. The molecule has 3 aromatic heterocycles. The zero-order chi connectivity index (χ0) is 25.7. The van der Waals surface area contributed by atoms with Crippen LogP contribution in [0.1, 0.15) is 24.1 Å². The Balaban J connectivity index is 1.61. The lowest BCUT2D eigenvalue weighted by atomic mass is 10.0. The third kappa shape index (κ3) is 3.72. The van der Waals surface area contributed by atoms with E-state index in [0.29, 0.717) is 51.9 Å². The van der Waals surface area contributed by atoms with Gasteiger partial charge in [0.05, 0.1) is 23.0 Å². The second kappa shape index (κ2) is 8.63. The topological polar surface area (TPSA) is 132 Å². The van der Waals surface area contributed by atoms with Crippen LogP contribution in [-0.2, 0) is 6.54 Å². The molecule has 1 aliphatic carbocycles. The van der Waals surface area contributed by atoms with E-state index in [0.717, 1.165) is 10.9 Å². The van der Waals surface area contributed by atoms with Crippen LogP contribution in [-0.4, -0.2) is 34.5 Å². The molecule has 0 aliphatic heterocycles. The molecule has 3 heterocycles. The summed E-state index contributed by atoms with van der Waals surface area (Å²) in [5.41, 5.74) is 9.65. The van der Waals surface area contributed by atoms with Crippen molar-refractivity contribution in [2.75, 3.05) is 5.73 Å². The van der Waals surface area contributed by atoms with Crippen molar-refractivity contribution in [2.45, 2.75) is 26.3 Å². The van der Waals surface area contributed by atoms with Crippen LogP contribution in [0.3, 0.4) is 0 Å². The molecule has 0 saturated carbocycles. The summed E-state index contributed by atoms with van der Waals surface area (Å²) in [6, 6.07) is 14.4. The molecular formula is C28H24N6O3. The highest BCUT2D eigenvalue weighted by atomic mass is 16.3. The fourth-order valence-corrected chi connectivity index (χ4v) is 4.97. The predicted octanol–water partition coefficient (Wildman–Crippen LogP) is 4.53. The van der Waals surface area contributed by atoms with E-state index in [1.807, 2.05) is 43.3 Å². The van der Waals surface area contributed by atoms with Gasteiger partial charge in [0.2, 0.25) is 0 Å². The molecule has 0 radical (unpaired) electrons. The van der Waals surface area contributed by atoms with E-state index in [1.54, 1.807) is 33.5 Å². The van der Waals surface area contributed by atoms with Crippen molar-refractivity contribution in [3.63, 3.8) is 0 Å². The number of allylic oxidation sites excluding steroid dienone is 3. The lowest BCUT2D eigenvalue weighted by Gasteiger charge is -2.20. The Kier molecular flexibility index (Phi) is 5.26. The smallest absolute Gasteiger partial charge is 0.263 e. The molecule has 0 bridgehead atoms. The molecule has 0 spiro atoms. The van der Waals surface area contributed by atoms with Crippen molar-refractivity contribution < 1.29 is 10.2 Å². The highest BCUT2D eigenvalue weighted by molar-refractivity contribution is 5.98. The van der Waals surface area contributed by atoms with Crippen molar-refractivity contribution in [3.05, 3.63) is 94.4 Å². The van der Waals surface area contributed by atoms with E-state index < -0.39 is 0 Å². The van der Waals surface area contributed by atoms with Gasteiger partial charge in [-0.2, -0.15) is 5.10 Å². The average Bonchev–Trinajstić information content (AvgIpc) is 3.25. The van der Waals surface area contributed by atoms with Crippen molar-refractivity contribution in [3.8, 4) is 17.0 Å². The first-order valence-electron chi connectivity index (χ1n) is 11.9. The largest absolute Gasteiger partial charge is 0.508 e. The summed E-state index contributed by atoms with van der Waals surface area (Å²) in [5, 5.41) is 27.5. The Bertz CT molecular complexity index is 1830. The SMILES string of the molecule is Cc1cccc2cc(Cn3nc(-c4cccc(O)c4)c4c(N)ncnc43)n(C3=CCCC=C3O)c(=O)c12. The summed E-state index contributed by atoms with van der Waals surface area (Å²) >= 11 is 0. The van der Waals surface area contributed by atoms with E-state index in [-0.39, 0.29) is 29.4 Å². The Labute approximate surface area is 211 Å². The van der Waals surface area contributed by atoms with Crippen LogP contribution in [0.25, 0.3) is 38.8 Å². The number of aliphatic hydroxyl groups excluding tert-OH is 1. The van der Waals surface area contributed by atoms with Gasteiger partial charge >= 0.3 is 0 Å². The van der Waals surface area contributed by atoms with Gasteiger partial charge in [-0.05, 0) is 55.0 Å². The number of benzene rings is 2. The number of aliphatic hydroxyl groups is 1. The van der Waals surface area contributed by atoms with Gasteiger partial charge < -0.3 is 15.9 Å². The standard InChI is InChI=1S/C28H24N6O3/c1-16-6-4-7-17-12-19(34(28(37)23(16)17)21-10-2-3-11-22(21)36)14-33-27-24(26(29)30-15-31-27)25(32-33)18-8-5-9-20(35)13-18/h4-13,15,35-36H,2-3,14H2,1H3,(H2,29,30,31). The van der Waals surface area contributed by atoms with Gasteiger partial charge in [-0.15, -0.1) is 0 Å². The zero-order valence-corrected chi connectivity index (χ0v) is 20.1. The molecule has 0 amide bonds. The maximum Gasteiger partial charge on any atom is 0.263 e. The van der Waals surface area contributed by atoms with E-state index >= 15 is 0 Å². The van der Waals surface area contributed by atoms with E-state index in [4.69, 9.17) is 10.8 Å². The summed E-state index contributed by atoms with van der Waals surface area (Å²) in [6.07, 6.45) is 6.40. The van der Waals surface area contributed by atoms with Gasteiger partial charge in [0.15, 0.2) is 5.65 Å². The van der Waals surface area contributed by atoms with Crippen LogP contribution >= 0.6 is 0 Å². The number of phenolic OH excluding ortho intramolecular Hbond substituents is 1. The number of hydrogen-bond donors (Lipinski definition) is 3. The molecule has 1 aliphatic rings. The Morgan fingerprint density at radius 3 is 2.62 bits per heavy atom. The monoisotopic (exact) mass is 492 g/mol. The first kappa shape index (κ1) is 22.5. The Morgan fingerprint density at radius 2 is 1.81 bits per heavy atom. The fourth-order valence-electron chi connectivity index (χ4n) is 4.97. The van der Waals surface area contributed by atoms with Crippen LogP contribution in [0, 0.1) is 6.92 Å². The predicted molar refractivity (Wildman–Crippen MR) is 143 cm³/mol. The Morgan fingerprint density at radius 1 is 1.00 bits per heavy atom. The molecule has 0 saturated heterocycles.